The van der Waals surface area contributed by atoms with Gasteiger partial charge in [-0.25, -0.2) is 9.97 Å². The first kappa shape index (κ1) is 23.7. The van der Waals surface area contributed by atoms with Crippen molar-refractivity contribution in [1.82, 2.24) is 19.7 Å². The van der Waals surface area contributed by atoms with Crippen molar-refractivity contribution >= 4 is 23.5 Å². The lowest BCUT2D eigenvalue weighted by Crippen LogP contribution is -2.48. The Morgan fingerprint density at radius 3 is 2.51 bits per heavy atom. The Balaban J connectivity index is 1.42. The van der Waals surface area contributed by atoms with E-state index in [1.165, 1.54) is 46.1 Å². The summed E-state index contributed by atoms with van der Waals surface area (Å²) in [6.45, 7) is 1.98. The first-order valence-electron chi connectivity index (χ1n) is 11.3. The molecular weight excluding hydrogens is 480 g/mol. The molecule has 2 aromatic heterocycles. The monoisotopic (exact) mass is 499 g/mol. The lowest BCUT2D eigenvalue weighted by molar-refractivity contribution is 0.0421. The number of carbonyl (C=O) groups is 2. The Morgan fingerprint density at radius 2 is 1.81 bits per heavy atom. The number of anilines is 2. The van der Waals surface area contributed by atoms with Gasteiger partial charge in [0.25, 0.3) is 11.8 Å². The molecule has 37 heavy (non-hydrogen) atoms. The normalized spacial score (nSPS) is 15.1. The summed E-state index contributed by atoms with van der Waals surface area (Å²) in [6, 6.07) is 15.2. The number of nitrogens with zero attached hydrogens (tertiary/aromatic N) is 6. The van der Waals surface area contributed by atoms with Gasteiger partial charge in [0.05, 0.1) is 41.5 Å². The van der Waals surface area contributed by atoms with Gasteiger partial charge < -0.3 is 5.32 Å². The van der Waals surface area contributed by atoms with Gasteiger partial charge in [0, 0.05) is 23.6 Å². The first-order valence-corrected chi connectivity index (χ1v) is 11.3. The van der Waals surface area contributed by atoms with Crippen LogP contribution in [-0.2, 0) is 12.5 Å². The number of halogens is 2. The average molecular weight is 499 g/mol. The van der Waals surface area contributed by atoms with E-state index in [0.29, 0.717) is 11.3 Å². The number of hydrogen-bond donors (Lipinski definition) is 1. The summed E-state index contributed by atoms with van der Waals surface area (Å²) in [5, 5.41) is 15.9. The number of nitrogens with one attached hydrogen (secondary N) is 1. The average Bonchev–Trinajstić information content (AvgIpc) is 3.34. The molecule has 0 fully saturated rings. The van der Waals surface area contributed by atoms with Gasteiger partial charge in [-0.1, -0.05) is 36.4 Å². The van der Waals surface area contributed by atoms with E-state index < -0.39 is 29.3 Å². The van der Waals surface area contributed by atoms with Crippen molar-refractivity contribution in [3.63, 3.8) is 0 Å². The Hall–Kier alpha value is -4.98. The van der Waals surface area contributed by atoms with Crippen molar-refractivity contribution in [2.24, 2.45) is 0 Å². The fourth-order valence-electron chi connectivity index (χ4n) is 4.14. The van der Waals surface area contributed by atoms with Crippen molar-refractivity contribution < 1.29 is 18.4 Å². The zero-order valence-corrected chi connectivity index (χ0v) is 19.5. The molecule has 9 nitrogen and oxygen atoms in total. The smallest absolute Gasteiger partial charge is 0.301 e. The number of benzene rings is 2. The van der Waals surface area contributed by atoms with Gasteiger partial charge in [0.15, 0.2) is 0 Å². The number of alkyl halides is 2. The Kier molecular flexibility index (Phi) is 5.93. The topological polar surface area (TPSA) is 117 Å². The predicted molar refractivity (Wildman–Crippen MR) is 129 cm³/mol. The molecule has 1 N–H and O–H groups in total. The maximum absolute atomic E-state index is 14.9. The molecule has 1 aliphatic heterocycles. The van der Waals surface area contributed by atoms with Gasteiger partial charge in [-0.15, -0.1) is 0 Å². The van der Waals surface area contributed by atoms with Crippen LogP contribution < -0.4 is 10.2 Å². The minimum Gasteiger partial charge on any atom is -0.322 e. The van der Waals surface area contributed by atoms with Crippen molar-refractivity contribution in [1.29, 1.82) is 5.26 Å². The molecule has 0 saturated carbocycles. The highest BCUT2D eigenvalue weighted by atomic mass is 19.3. The molecule has 184 valence electrons. The van der Waals surface area contributed by atoms with Gasteiger partial charge in [-0.3, -0.25) is 19.2 Å². The van der Waals surface area contributed by atoms with Gasteiger partial charge in [0.2, 0.25) is 5.95 Å². The second kappa shape index (κ2) is 9.23. The lowest BCUT2D eigenvalue weighted by Gasteiger charge is -2.32. The third-order valence-electron chi connectivity index (χ3n) is 5.99. The van der Waals surface area contributed by atoms with Crippen molar-refractivity contribution in [3.05, 3.63) is 101 Å². The Morgan fingerprint density at radius 1 is 1.08 bits per heavy atom. The molecule has 0 spiro atoms. The van der Waals surface area contributed by atoms with Crippen LogP contribution in [0.15, 0.2) is 73.2 Å². The second-order valence-electron chi connectivity index (χ2n) is 8.47. The summed E-state index contributed by atoms with van der Waals surface area (Å²) in [6.07, 6.45) is 3.28. The summed E-state index contributed by atoms with van der Waals surface area (Å²) in [5.41, 5.74) is 0.184. The zero-order valence-electron chi connectivity index (χ0n) is 19.5. The maximum atomic E-state index is 14.9. The van der Waals surface area contributed by atoms with Crippen LogP contribution in [0.1, 0.15) is 44.5 Å². The molecular formula is C26H19F2N7O2. The van der Waals surface area contributed by atoms with Crippen LogP contribution in [0.5, 0.6) is 0 Å². The number of rotatable bonds is 5. The number of nitriles is 1. The number of carbonyl (C=O) groups excluding carboxylic acids is 2. The fraction of sp³-hybridized carbons (Fsp3) is 0.154. The van der Waals surface area contributed by atoms with Crippen LogP contribution in [-0.4, -0.2) is 37.6 Å². The Labute approximate surface area is 210 Å². The van der Waals surface area contributed by atoms with Crippen LogP contribution in [0.4, 0.5) is 20.4 Å². The van der Waals surface area contributed by atoms with Gasteiger partial charge in [-0.2, -0.15) is 19.1 Å². The molecule has 5 rings (SSSR count). The van der Waals surface area contributed by atoms with E-state index in [-0.39, 0.29) is 29.3 Å². The van der Waals surface area contributed by atoms with Gasteiger partial charge >= 0.3 is 5.92 Å². The van der Waals surface area contributed by atoms with Crippen LogP contribution >= 0.6 is 0 Å². The highest BCUT2D eigenvalue weighted by molar-refractivity contribution is 6.15. The van der Waals surface area contributed by atoms with Crippen molar-refractivity contribution in [2.75, 3.05) is 10.2 Å². The third-order valence-corrected chi connectivity index (χ3v) is 5.99. The van der Waals surface area contributed by atoms with Crippen LogP contribution in [0, 0.1) is 11.3 Å². The minimum atomic E-state index is -3.32. The Bertz CT molecular complexity index is 1530. The summed E-state index contributed by atoms with van der Waals surface area (Å²) >= 11 is 0. The molecule has 11 heteroatoms. The van der Waals surface area contributed by atoms with Crippen LogP contribution in [0.2, 0.25) is 0 Å². The molecule has 0 radical (unpaired) electrons. The van der Waals surface area contributed by atoms with E-state index in [4.69, 9.17) is 5.26 Å². The number of aromatic nitrogens is 4. The molecule has 2 aromatic carbocycles. The number of amides is 2. The van der Waals surface area contributed by atoms with Crippen molar-refractivity contribution in [3.8, 4) is 6.07 Å². The number of hydrogen-bond acceptors (Lipinski definition) is 6. The molecule has 1 unspecified atom stereocenters. The van der Waals surface area contributed by atoms with Crippen LogP contribution in [0.25, 0.3) is 0 Å². The first-order chi connectivity index (χ1) is 17.8. The maximum Gasteiger partial charge on any atom is 0.301 e. The quantitative estimate of drug-likeness (QED) is 0.444. The SMILES string of the molecule is CC1Cn2ncc(C(=O)Nc3cccc(C#N)c3)c2C(=O)N1c1ncc(C(F)(F)c2ccccc2)cn1. The van der Waals surface area contributed by atoms with E-state index in [0.717, 1.165) is 12.4 Å². The molecule has 3 heterocycles. The molecule has 0 saturated heterocycles. The van der Waals surface area contributed by atoms with E-state index in [2.05, 4.69) is 20.4 Å². The summed E-state index contributed by atoms with van der Waals surface area (Å²) in [5.74, 6) is -4.55. The largest absolute Gasteiger partial charge is 0.322 e. The fourth-order valence-corrected chi connectivity index (χ4v) is 4.14. The molecule has 1 aliphatic rings. The second-order valence-corrected chi connectivity index (χ2v) is 8.47. The zero-order chi connectivity index (χ0) is 26.2. The summed E-state index contributed by atoms with van der Waals surface area (Å²) < 4.78 is 31.2. The molecule has 4 aromatic rings. The summed E-state index contributed by atoms with van der Waals surface area (Å²) in [4.78, 5) is 35.9. The van der Waals surface area contributed by atoms with E-state index in [1.54, 1.807) is 31.2 Å². The van der Waals surface area contributed by atoms with Crippen molar-refractivity contribution in [2.45, 2.75) is 25.4 Å². The summed E-state index contributed by atoms with van der Waals surface area (Å²) in [7, 11) is 0. The van der Waals surface area contributed by atoms with Gasteiger partial charge in [-0.05, 0) is 25.1 Å². The van der Waals surface area contributed by atoms with Crippen LogP contribution in [0.3, 0.4) is 0 Å². The third kappa shape index (κ3) is 4.29. The molecule has 0 aliphatic carbocycles. The molecule has 2 amide bonds. The van der Waals surface area contributed by atoms with E-state index in [1.807, 2.05) is 6.07 Å². The van der Waals surface area contributed by atoms with Gasteiger partial charge in [0.1, 0.15) is 5.69 Å². The predicted octanol–water partition coefficient (Wildman–Crippen LogP) is 3.99. The van der Waals surface area contributed by atoms with E-state index >= 15 is 0 Å². The number of fused-ring (bicyclic) bond motifs is 1. The lowest BCUT2D eigenvalue weighted by atomic mass is 10.0. The highest BCUT2D eigenvalue weighted by Crippen LogP contribution is 2.35. The minimum absolute atomic E-state index is 0.0225. The highest BCUT2D eigenvalue weighted by Gasteiger charge is 2.38. The molecule has 1 atom stereocenters. The standard InChI is InChI=1S/C26H19F2N7O2/c1-16-15-34-22(21(14-32-34)23(36)33-20-9-5-6-17(10-20)11-29)24(37)35(16)25-30-12-19(13-31-25)26(27,28)18-7-3-2-4-8-18/h2-10,12-14,16H,15H2,1H3,(H,33,36). The van der Waals surface area contributed by atoms with E-state index in [9.17, 15) is 18.4 Å². The molecule has 0 bridgehead atoms.